The molecule has 64 valence electrons. The summed E-state index contributed by atoms with van der Waals surface area (Å²) >= 11 is 11.3. The highest BCUT2D eigenvalue weighted by atomic mass is 35.5. The lowest BCUT2D eigenvalue weighted by atomic mass is 10.2. The van der Waals surface area contributed by atoms with Crippen LogP contribution in [0.2, 0.25) is 10.0 Å². The Bertz CT molecular complexity index is 314. The van der Waals surface area contributed by atoms with E-state index >= 15 is 0 Å². The van der Waals surface area contributed by atoms with Crippen LogP contribution in [0.25, 0.3) is 0 Å². The molecule has 0 saturated heterocycles. The van der Waals surface area contributed by atoms with Gasteiger partial charge in [-0.2, -0.15) is 0 Å². The first-order valence-corrected chi connectivity index (χ1v) is 3.91. The molecule has 0 N–H and O–H groups in total. The van der Waals surface area contributed by atoms with Crippen LogP contribution in [0, 0.1) is 10.1 Å². The summed E-state index contributed by atoms with van der Waals surface area (Å²) in [6.45, 7) is -0.292. The van der Waals surface area contributed by atoms with Gasteiger partial charge in [-0.15, -0.1) is 0 Å². The van der Waals surface area contributed by atoms with Gasteiger partial charge in [-0.1, -0.05) is 23.2 Å². The fourth-order valence-corrected chi connectivity index (χ4v) is 1.18. The van der Waals surface area contributed by atoms with Crippen LogP contribution in [-0.4, -0.2) is 4.92 Å². The Morgan fingerprint density at radius 3 is 2.67 bits per heavy atom. The Labute approximate surface area is 79.1 Å². The van der Waals surface area contributed by atoms with E-state index in [2.05, 4.69) is 0 Å². The zero-order chi connectivity index (χ0) is 9.14. The van der Waals surface area contributed by atoms with Crippen molar-refractivity contribution < 1.29 is 4.92 Å². The van der Waals surface area contributed by atoms with Crippen LogP contribution in [0.4, 0.5) is 0 Å². The van der Waals surface area contributed by atoms with Gasteiger partial charge < -0.3 is 0 Å². The van der Waals surface area contributed by atoms with Crippen molar-refractivity contribution >= 4 is 23.2 Å². The van der Waals surface area contributed by atoms with Crippen molar-refractivity contribution in [3.63, 3.8) is 0 Å². The third-order valence-electron chi connectivity index (χ3n) is 1.31. The van der Waals surface area contributed by atoms with Crippen LogP contribution in [-0.2, 0) is 6.54 Å². The van der Waals surface area contributed by atoms with E-state index in [9.17, 15) is 10.1 Å². The summed E-state index contributed by atoms with van der Waals surface area (Å²) in [5, 5.41) is 11.0. The molecular formula is C7H5Cl2NO2. The number of nitrogens with zero attached hydrogens (tertiary/aromatic N) is 1. The smallest absolute Gasteiger partial charge is 0.230 e. The average Bonchev–Trinajstić information content (AvgIpc) is 1.96. The van der Waals surface area contributed by atoms with Crippen molar-refractivity contribution in [1.82, 2.24) is 0 Å². The van der Waals surface area contributed by atoms with Crippen LogP contribution in [0.15, 0.2) is 18.2 Å². The summed E-state index contributed by atoms with van der Waals surface area (Å²) in [7, 11) is 0. The molecule has 3 nitrogen and oxygen atoms in total. The molecule has 0 fully saturated rings. The summed E-state index contributed by atoms with van der Waals surface area (Å²) in [4.78, 5) is 9.69. The number of hydrogen-bond donors (Lipinski definition) is 0. The Morgan fingerprint density at radius 1 is 1.42 bits per heavy atom. The maximum Gasteiger partial charge on any atom is 0.230 e. The maximum absolute atomic E-state index is 10.1. The molecular weight excluding hydrogens is 201 g/mol. The van der Waals surface area contributed by atoms with Crippen LogP contribution in [0.3, 0.4) is 0 Å². The minimum absolute atomic E-state index is 0.292. The zero-order valence-corrected chi connectivity index (χ0v) is 7.47. The third kappa shape index (κ3) is 2.36. The Morgan fingerprint density at radius 2 is 2.08 bits per heavy atom. The van der Waals surface area contributed by atoms with Crippen molar-refractivity contribution in [2.45, 2.75) is 6.54 Å². The molecule has 12 heavy (non-hydrogen) atoms. The number of rotatable bonds is 2. The lowest BCUT2D eigenvalue weighted by Gasteiger charge is -1.98. The summed E-state index contributed by atoms with van der Waals surface area (Å²) < 4.78 is 0. The van der Waals surface area contributed by atoms with E-state index in [1.807, 2.05) is 0 Å². The molecule has 1 aromatic rings. The molecule has 5 heteroatoms. The fraction of sp³-hybridized carbons (Fsp3) is 0.143. The standard InChI is InChI=1S/C7H5Cl2NO2/c8-6-1-2-7(9)5(3-6)4-10(11)12/h1-3H,4H2. The minimum atomic E-state index is -0.447. The molecule has 0 saturated carbocycles. The molecule has 0 radical (unpaired) electrons. The highest BCUT2D eigenvalue weighted by Gasteiger charge is 2.06. The lowest BCUT2D eigenvalue weighted by molar-refractivity contribution is -0.496. The molecule has 0 aliphatic heterocycles. The third-order valence-corrected chi connectivity index (χ3v) is 1.91. The van der Waals surface area contributed by atoms with Gasteiger partial charge in [-0.25, -0.2) is 0 Å². The predicted octanol–water partition coefficient (Wildman–Crippen LogP) is 2.77. The van der Waals surface area contributed by atoms with Crippen molar-refractivity contribution in [2.24, 2.45) is 0 Å². The first kappa shape index (κ1) is 9.29. The molecule has 1 rings (SSSR count). The minimum Gasteiger partial charge on any atom is -0.264 e. The van der Waals surface area contributed by atoms with E-state index in [1.165, 1.54) is 6.07 Å². The van der Waals surface area contributed by atoms with Gasteiger partial charge in [0.2, 0.25) is 6.54 Å². The summed E-state index contributed by atoms with van der Waals surface area (Å²) in [6, 6.07) is 4.63. The fourth-order valence-electron chi connectivity index (χ4n) is 0.804. The van der Waals surface area contributed by atoms with Crippen molar-refractivity contribution in [2.75, 3.05) is 0 Å². The van der Waals surface area contributed by atoms with E-state index in [4.69, 9.17) is 23.2 Å². The molecule has 0 atom stereocenters. The van der Waals surface area contributed by atoms with E-state index in [0.29, 0.717) is 15.6 Å². The molecule has 0 spiro atoms. The number of halogens is 2. The Hall–Kier alpha value is -0.800. The number of hydrogen-bond acceptors (Lipinski definition) is 2. The first-order chi connectivity index (χ1) is 5.59. The predicted molar refractivity (Wildman–Crippen MR) is 47.2 cm³/mol. The molecule has 0 aromatic heterocycles. The van der Waals surface area contributed by atoms with Gasteiger partial charge in [0.15, 0.2) is 0 Å². The zero-order valence-electron chi connectivity index (χ0n) is 5.96. The average molecular weight is 206 g/mol. The van der Waals surface area contributed by atoms with Crippen molar-refractivity contribution in [3.05, 3.63) is 43.9 Å². The lowest BCUT2D eigenvalue weighted by Crippen LogP contribution is -1.98. The number of nitro groups is 1. The highest BCUT2D eigenvalue weighted by molar-refractivity contribution is 6.33. The van der Waals surface area contributed by atoms with Crippen LogP contribution >= 0.6 is 23.2 Å². The molecule has 0 aliphatic rings. The van der Waals surface area contributed by atoms with E-state index in [0.717, 1.165) is 0 Å². The molecule has 0 bridgehead atoms. The second-order valence-electron chi connectivity index (χ2n) is 2.23. The highest BCUT2D eigenvalue weighted by Crippen LogP contribution is 2.20. The van der Waals surface area contributed by atoms with Crippen molar-refractivity contribution in [3.8, 4) is 0 Å². The SMILES string of the molecule is O=[N+]([O-])Cc1cc(Cl)ccc1Cl. The van der Waals surface area contributed by atoms with Gasteiger partial charge in [-0.3, -0.25) is 10.1 Å². The molecule has 0 aliphatic carbocycles. The normalized spacial score (nSPS) is 9.83. The quantitative estimate of drug-likeness (QED) is 0.551. The molecule has 1 aromatic carbocycles. The first-order valence-electron chi connectivity index (χ1n) is 3.15. The topological polar surface area (TPSA) is 43.1 Å². The molecule has 0 unspecified atom stereocenters. The summed E-state index contributed by atoms with van der Waals surface area (Å²) in [6.07, 6.45) is 0. The van der Waals surface area contributed by atoms with Crippen LogP contribution in [0.5, 0.6) is 0 Å². The van der Waals surface area contributed by atoms with Crippen molar-refractivity contribution in [1.29, 1.82) is 0 Å². The van der Waals surface area contributed by atoms with Crippen LogP contribution in [0.1, 0.15) is 5.56 Å². The monoisotopic (exact) mass is 205 g/mol. The van der Waals surface area contributed by atoms with E-state index in [-0.39, 0.29) is 6.54 Å². The van der Waals surface area contributed by atoms with E-state index in [1.54, 1.807) is 12.1 Å². The second kappa shape index (κ2) is 3.74. The maximum atomic E-state index is 10.1. The van der Waals surface area contributed by atoms with E-state index < -0.39 is 4.92 Å². The second-order valence-corrected chi connectivity index (χ2v) is 3.07. The Balaban J connectivity index is 2.97. The van der Waals surface area contributed by atoms with Gasteiger partial charge in [0.05, 0.1) is 5.02 Å². The van der Waals surface area contributed by atoms with Gasteiger partial charge in [0, 0.05) is 15.5 Å². The summed E-state index contributed by atoms with van der Waals surface area (Å²) in [5.74, 6) is 0. The Kier molecular flexibility index (Phi) is 2.89. The van der Waals surface area contributed by atoms with Crippen LogP contribution < -0.4 is 0 Å². The molecule has 0 heterocycles. The largest absolute Gasteiger partial charge is 0.264 e. The summed E-state index contributed by atoms with van der Waals surface area (Å²) in [5.41, 5.74) is 0.439. The van der Waals surface area contributed by atoms with Gasteiger partial charge in [0.25, 0.3) is 0 Å². The van der Waals surface area contributed by atoms with Gasteiger partial charge >= 0.3 is 0 Å². The molecule has 0 amide bonds. The van der Waals surface area contributed by atoms with Gasteiger partial charge in [-0.05, 0) is 18.2 Å². The number of benzene rings is 1. The van der Waals surface area contributed by atoms with Gasteiger partial charge in [0.1, 0.15) is 0 Å².